The topological polar surface area (TPSA) is 29.1 Å². The zero-order valence-corrected chi connectivity index (χ0v) is 9.21. The van der Waals surface area contributed by atoms with Crippen molar-refractivity contribution >= 4 is 6.29 Å². The van der Waals surface area contributed by atoms with E-state index in [9.17, 15) is 9.18 Å². The van der Waals surface area contributed by atoms with E-state index in [1.165, 1.54) is 0 Å². The third kappa shape index (κ3) is 2.47. The Morgan fingerprint density at radius 2 is 2.25 bits per heavy atom. The first kappa shape index (κ1) is 11.3. The normalized spacial score (nSPS) is 25.3. The minimum absolute atomic E-state index is 0.328. The highest BCUT2D eigenvalue weighted by atomic mass is 19.1. The highest BCUT2D eigenvalue weighted by Gasteiger charge is 2.32. The van der Waals surface area contributed by atoms with Gasteiger partial charge in [0.25, 0.3) is 0 Å². The van der Waals surface area contributed by atoms with Crippen LogP contribution in [0.1, 0.15) is 28.8 Å². The molecule has 0 aromatic heterocycles. The molecule has 1 unspecified atom stereocenters. The molecule has 0 radical (unpaired) electrons. The maximum atomic E-state index is 14.4. The molecule has 1 saturated heterocycles. The number of nitrogens with one attached hydrogen (secondary N) is 1. The number of rotatable bonds is 3. The van der Waals surface area contributed by atoms with E-state index in [2.05, 4.69) is 5.32 Å². The summed E-state index contributed by atoms with van der Waals surface area (Å²) in [6.45, 7) is 1.28. The van der Waals surface area contributed by atoms with Gasteiger partial charge in [-0.25, -0.2) is 4.39 Å². The Bertz CT molecular complexity index is 372. The van der Waals surface area contributed by atoms with Crippen LogP contribution < -0.4 is 5.32 Å². The number of halogens is 1. The standard InChI is InChI=1S/C13H16FNO/c14-13(6-3-7-15-10-13)8-11-4-1-2-5-12(11)9-16/h1-2,4-5,9,15H,3,6-8,10H2. The van der Waals surface area contributed by atoms with Crippen molar-refractivity contribution in [1.82, 2.24) is 5.32 Å². The van der Waals surface area contributed by atoms with Crippen molar-refractivity contribution in [1.29, 1.82) is 0 Å². The van der Waals surface area contributed by atoms with Crippen LogP contribution in [-0.4, -0.2) is 25.0 Å². The predicted octanol–water partition coefficient (Wildman–Crippen LogP) is 2.13. The van der Waals surface area contributed by atoms with Gasteiger partial charge in [-0.1, -0.05) is 24.3 Å². The molecule has 1 heterocycles. The average molecular weight is 221 g/mol. The second kappa shape index (κ2) is 4.74. The monoisotopic (exact) mass is 221 g/mol. The number of hydrogen-bond donors (Lipinski definition) is 1. The lowest BCUT2D eigenvalue weighted by molar-refractivity contribution is 0.111. The first-order valence-electron chi connectivity index (χ1n) is 5.66. The lowest BCUT2D eigenvalue weighted by Gasteiger charge is -2.30. The third-order valence-corrected chi connectivity index (χ3v) is 3.11. The number of piperidine rings is 1. The van der Waals surface area contributed by atoms with Gasteiger partial charge in [-0.3, -0.25) is 4.79 Å². The Hall–Kier alpha value is -1.22. The molecule has 1 N–H and O–H groups in total. The molecule has 16 heavy (non-hydrogen) atoms. The maximum absolute atomic E-state index is 14.4. The van der Waals surface area contributed by atoms with Gasteiger partial charge in [-0.15, -0.1) is 0 Å². The molecule has 0 saturated carbocycles. The number of benzene rings is 1. The summed E-state index contributed by atoms with van der Waals surface area (Å²) in [4.78, 5) is 10.8. The third-order valence-electron chi connectivity index (χ3n) is 3.11. The quantitative estimate of drug-likeness (QED) is 0.792. The van der Waals surface area contributed by atoms with Crippen LogP contribution in [0.5, 0.6) is 0 Å². The van der Waals surface area contributed by atoms with Gasteiger partial charge >= 0.3 is 0 Å². The van der Waals surface area contributed by atoms with Gasteiger partial charge in [0.05, 0.1) is 0 Å². The Morgan fingerprint density at radius 3 is 2.94 bits per heavy atom. The molecule has 2 rings (SSSR count). The Morgan fingerprint density at radius 1 is 1.44 bits per heavy atom. The summed E-state index contributed by atoms with van der Waals surface area (Å²) in [5.74, 6) is 0. The van der Waals surface area contributed by atoms with Gasteiger partial charge < -0.3 is 5.32 Å². The van der Waals surface area contributed by atoms with E-state index in [-0.39, 0.29) is 0 Å². The van der Waals surface area contributed by atoms with Crippen LogP contribution in [0.25, 0.3) is 0 Å². The van der Waals surface area contributed by atoms with Gasteiger partial charge in [-0.2, -0.15) is 0 Å². The fourth-order valence-corrected chi connectivity index (χ4v) is 2.23. The highest BCUT2D eigenvalue weighted by Crippen LogP contribution is 2.26. The molecule has 1 aliphatic heterocycles. The van der Waals surface area contributed by atoms with E-state index in [4.69, 9.17) is 0 Å². The van der Waals surface area contributed by atoms with Crippen molar-refractivity contribution in [2.45, 2.75) is 24.9 Å². The smallest absolute Gasteiger partial charge is 0.150 e. The van der Waals surface area contributed by atoms with Crippen molar-refractivity contribution in [3.05, 3.63) is 35.4 Å². The number of hydrogen-bond acceptors (Lipinski definition) is 2. The SMILES string of the molecule is O=Cc1ccccc1CC1(F)CCCNC1. The fourth-order valence-electron chi connectivity index (χ4n) is 2.23. The van der Waals surface area contributed by atoms with E-state index in [1.54, 1.807) is 12.1 Å². The van der Waals surface area contributed by atoms with Crippen LogP contribution >= 0.6 is 0 Å². The fraction of sp³-hybridized carbons (Fsp3) is 0.462. The van der Waals surface area contributed by atoms with E-state index < -0.39 is 5.67 Å². The zero-order valence-electron chi connectivity index (χ0n) is 9.21. The van der Waals surface area contributed by atoms with Crippen molar-refractivity contribution in [3.63, 3.8) is 0 Å². The second-order valence-corrected chi connectivity index (χ2v) is 4.42. The molecule has 1 fully saturated rings. The van der Waals surface area contributed by atoms with Crippen molar-refractivity contribution < 1.29 is 9.18 Å². The van der Waals surface area contributed by atoms with Crippen LogP contribution in [0.2, 0.25) is 0 Å². The van der Waals surface area contributed by atoms with Crippen molar-refractivity contribution in [2.75, 3.05) is 13.1 Å². The minimum Gasteiger partial charge on any atom is -0.314 e. The van der Waals surface area contributed by atoms with E-state index >= 15 is 0 Å². The Balaban J connectivity index is 2.15. The van der Waals surface area contributed by atoms with Gasteiger partial charge in [-0.05, 0) is 24.9 Å². The molecule has 86 valence electrons. The van der Waals surface area contributed by atoms with Crippen LogP contribution in [0, 0.1) is 0 Å². The van der Waals surface area contributed by atoms with Gasteiger partial charge in [0.15, 0.2) is 0 Å². The zero-order chi connectivity index (χ0) is 11.4. The average Bonchev–Trinajstić information content (AvgIpc) is 2.30. The summed E-state index contributed by atoms with van der Waals surface area (Å²) in [5.41, 5.74) is 0.214. The van der Waals surface area contributed by atoms with Gasteiger partial charge in [0, 0.05) is 18.5 Å². The molecule has 0 spiro atoms. The molecular formula is C13H16FNO. The number of carbonyl (C=O) groups excluding carboxylic acids is 1. The second-order valence-electron chi connectivity index (χ2n) is 4.42. The number of carbonyl (C=O) groups is 1. The van der Waals surface area contributed by atoms with Crippen molar-refractivity contribution in [3.8, 4) is 0 Å². The van der Waals surface area contributed by atoms with Crippen LogP contribution in [0.3, 0.4) is 0 Å². The minimum atomic E-state index is -1.20. The molecular weight excluding hydrogens is 205 g/mol. The summed E-state index contributed by atoms with van der Waals surface area (Å²) < 4.78 is 14.4. The largest absolute Gasteiger partial charge is 0.314 e. The lowest BCUT2D eigenvalue weighted by atomic mass is 9.88. The van der Waals surface area contributed by atoms with Crippen LogP contribution in [0.15, 0.2) is 24.3 Å². The summed E-state index contributed by atoms with van der Waals surface area (Å²) >= 11 is 0. The first-order chi connectivity index (χ1) is 7.73. The van der Waals surface area contributed by atoms with Crippen LogP contribution in [-0.2, 0) is 6.42 Å². The maximum Gasteiger partial charge on any atom is 0.150 e. The summed E-state index contributed by atoms with van der Waals surface area (Å²) in [6.07, 6.45) is 2.57. The molecule has 3 heteroatoms. The van der Waals surface area contributed by atoms with E-state index in [0.717, 1.165) is 24.8 Å². The number of alkyl halides is 1. The van der Waals surface area contributed by atoms with Crippen molar-refractivity contribution in [2.24, 2.45) is 0 Å². The van der Waals surface area contributed by atoms with Gasteiger partial charge in [0.1, 0.15) is 12.0 Å². The van der Waals surface area contributed by atoms with Gasteiger partial charge in [0.2, 0.25) is 0 Å². The van der Waals surface area contributed by atoms with E-state index in [1.807, 2.05) is 12.1 Å². The molecule has 0 amide bonds. The van der Waals surface area contributed by atoms with E-state index in [0.29, 0.717) is 24.9 Å². The summed E-state index contributed by atoms with van der Waals surface area (Å²) in [5, 5.41) is 3.07. The lowest BCUT2D eigenvalue weighted by Crippen LogP contribution is -2.43. The molecule has 2 nitrogen and oxygen atoms in total. The summed E-state index contributed by atoms with van der Waals surface area (Å²) in [6, 6.07) is 7.22. The summed E-state index contributed by atoms with van der Waals surface area (Å²) in [7, 11) is 0. The Labute approximate surface area is 94.9 Å². The molecule has 1 aromatic carbocycles. The molecule has 1 atom stereocenters. The molecule has 1 aromatic rings. The molecule has 0 aliphatic carbocycles. The molecule has 0 bridgehead atoms. The Kier molecular flexibility index (Phi) is 3.34. The predicted molar refractivity (Wildman–Crippen MR) is 61.5 cm³/mol. The first-order valence-corrected chi connectivity index (χ1v) is 5.66. The highest BCUT2D eigenvalue weighted by molar-refractivity contribution is 5.77. The molecule has 1 aliphatic rings. The van der Waals surface area contributed by atoms with Crippen LogP contribution in [0.4, 0.5) is 4.39 Å². The number of aldehydes is 1.